The molecule has 0 fully saturated rings. The van der Waals surface area contributed by atoms with Crippen LogP contribution in [0.15, 0.2) is 35.4 Å². The lowest BCUT2D eigenvalue weighted by atomic mass is 10.1. The van der Waals surface area contributed by atoms with Gasteiger partial charge in [0.2, 0.25) is 0 Å². The molecule has 0 aromatic carbocycles. The maximum Gasteiger partial charge on any atom is 0.0476 e. The van der Waals surface area contributed by atoms with Crippen molar-refractivity contribution in [2.24, 2.45) is 17.2 Å². The Balaban J connectivity index is 4.74. The Bertz CT molecular complexity index is 305. The predicted molar refractivity (Wildman–Crippen MR) is 71.7 cm³/mol. The van der Waals surface area contributed by atoms with Crippen molar-refractivity contribution in [1.82, 2.24) is 16.0 Å². The predicted octanol–water partition coefficient (Wildman–Crippen LogP) is -0.157. The minimum absolute atomic E-state index is 0.421. The van der Waals surface area contributed by atoms with E-state index >= 15 is 0 Å². The molecular weight excluding hydrogens is 216 g/mol. The molecule has 0 unspecified atom stereocenters. The summed E-state index contributed by atoms with van der Waals surface area (Å²) in [5.74, 6) is 0. The second-order valence-corrected chi connectivity index (χ2v) is 3.53. The van der Waals surface area contributed by atoms with Gasteiger partial charge in [-0.3, -0.25) is 5.01 Å². The van der Waals surface area contributed by atoms with Gasteiger partial charge in [0.1, 0.15) is 0 Å². The van der Waals surface area contributed by atoms with Crippen LogP contribution in [0.1, 0.15) is 20.3 Å². The highest BCUT2D eigenvalue weighted by molar-refractivity contribution is 5.24. The van der Waals surface area contributed by atoms with Gasteiger partial charge in [-0.1, -0.05) is 6.92 Å². The Hall–Kier alpha value is -1.66. The number of allylic oxidation sites excluding steroid dienone is 3. The molecule has 0 bridgehead atoms. The van der Waals surface area contributed by atoms with E-state index in [-0.39, 0.29) is 0 Å². The van der Waals surface area contributed by atoms with Gasteiger partial charge >= 0.3 is 0 Å². The molecule has 0 aromatic heterocycles. The highest BCUT2D eigenvalue weighted by Gasteiger charge is 2.06. The summed E-state index contributed by atoms with van der Waals surface area (Å²) in [6, 6.07) is 0. The summed E-state index contributed by atoms with van der Waals surface area (Å²) in [5.41, 5.74) is 25.3. The van der Waals surface area contributed by atoms with Crippen molar-refractivity contribution >= 4 is 0 Å². The zero-order valence-electron chi connectivity index (χ0n) is 10.8. The van der Waals surface area contributed by atoms with Crippen molar-refractivity contribution in [3.05, 3.63) is 35.4 Å². The number of rotatable bonds is 7. The number of hydrogen-bond acceptors (Lipinski definition) is 6. The normalized spacial score (nSPS) is 13.8. The average molecular weight is 240 g/mol. The third kappa shape index (κ3) is 5.28. The maximum absolute atomic E-state index is 5.74. The Kier molecular flexibility index (Phi) is 7.66. The Morgan fingerprint density at radius 3 is 2.41 bits per heavy atom. The molecule has 0 radical (unpaired) electrons. The fourth-order valence-corrected chi connectivity index (χ4v) is 1.30. The Morgan fingerprint density at radius 2 is 2.00 bits per heavy atom. The molecule has 0 amide bonds. The van der Waals surface area contributed by atoms with Gasteiger partial charge in [0.25, 0.3) is 0 Å². The van der Waals surface area contributed by atoms with Crippen LogP contribution in [0, 0.1) is 0 Å². The van der Waals surface area contributed by atoms with Crippen LogP contribution in [-0.2, 0) is 0 Å². The first-order chi connectivity index (χ1) is 8.10. The van der Waals surface area contributed by atoms with Gasteiger partial charge in [0.05, 0.1) is 0 Å². The molecule has 0 aliphatic carbocycles. The van der Waals surface area contributed by atoms with Gasteiger partial charge < -0.3 is 22.6 Å². The Labute approximate surface area is 103 Å². The summed E-state index contributed by atoms with van der Waals surface area (Å²) >= 11 is 0. The van der Waals surface area contributed by atoms with Crippen LogP contribution in [0.3, 0.4) is 0 Å². The molecule has 0 spiro atoms. The van der Waals surface area contributed by atoms with Crippen molar-refractivity contribution in [3.63, 3.8) is 0 Å². The van der Waals surface area contributed by atoms with Crippen molar-refractivity contribution in [3.8, 4) is 0 Å². The molecule has 0 saturated carbocycles. The van der Waals surface area contributed by atoms with Crippen molar-refractivity contribution in [1.29, 1.82) is 0 Å². The monoisotopic (exact) mass is 240 g/mol. The summed E-state index contributed by atoms with van der Waals surface area (Å²) in [6.07, 6.45) is 5.71. The molecule has 0 saturated heterocycles. The van der Waals surface area contributed by atoms with Crippen LogP contribution in [0.25, 0.3) is 0 Å². The fourth-order valence-electron chi connectivity index (χ4n) is 1.30. The van der Waals surface area contributed by atoms with E-state index < -0.39 is 0 Å². The van der Waals surface area contributed by atoms with E-state index in [0.29, 0.717) is 6.54 Å². The minimum atomic E-state index is 0.421. The molecule has 0 aromatic rings. The number of nitrogens with zero attached hydrogens (tertiary/aromatic N) is 1. The van der Waals surface area contributed by atoms with Crippen LogP contribution in [0.5, 0.6) is 0 Å². The van der Waals surface area contributed by atoms with Crippen molar-refractivity contribution in [2.75, 3.05) is 13.6 Å². The molecule has 6 nitrogen and oxygen atoms in total. The highest BCUT2D eigenvalue weighted by atomic mass is 15.7. The molecule has 17 heavy (non-hydrogen) atoms. The van der Waals surface area contributed by atoms with Crippen LogP contribution in [0.2, 0.25) is 0 Å². The molecule has 0 aliphatic rings. The maximum atomic E-state index is 5.74. The van der Waals surface area contributed by atoms with Gasteiger partial charge in [-0.25, -0.2) is 0 Å². The van der Waals surface area contributed by atoms with E-state index in [2.05, 4.69) is 17.9 Å². The number of hydrogen-bond donors (Lipinski definition) is 5. The molecular formula is C11H24N6. The molecule has 0 rings (SSSR count). The summed E-state index contributed by atoms with van der Waals surface area (Å²) in [5, 5.41) is 1.81. The Morgan fingerprint density at radius 1 is 1.35 bits per heavy atom. The van der Waals surface area contributed by atoms with E-state index in [9.17, 15) is 0 Å². The highest BCUT2D eigenvalue weighted by Crippen LogP contribution is 2.10. The standard InChI is InChI=1S/C11H24N6/c1-4-10(5-6-12)11(8-14)17(3)16-15-9(2)7-13/h5-7,15-16H,4,8,12-14H2,1-3H3/b6-5-,9-7-,11-10+. The zero-order chi connectivity index (χ0) is 13.3. The van der Waals surface area contributed by atoms with Gasteiger partial charge in [0, 0.05) is 31.2 Å². The van der Waals surface area contributed by atoms with E-state index in [1.807, 2.05) is 25.1 Å². The molecule has 0 atom stereocenters. The summed E-state index contributed by atoms with van der Waals surface area (Å²) < 4.78 is 0. The fraction of sp³-hybridized carbons (Fsp3) is 0.455. The largest absolute Gasteiger partial charge is 0.405 e. The van der Waals surface area contributed by atoms with Crippen LogP contribution in [0.4, 0.5) is 0 Å². The number of hydrazine groups is 2. The lowest BCUT2D eigenvalue weighted by molar-refractivity contribution is 0.257. The first-order valence-corrected chi connectivity index (χ1v) is 5.54. The van der Waals surface area contributed by atoms with Crippen molar-refractivity contribution < 1.29 is 0 Å². The summed E-state index contributed by atoms with van der Waals surface area (Å²) in [6.45, 7) is 4.33. The molecule has 8 N–H and O–H groups in total. The van der Waals surface area contributed by atoms with E-state index in [0.717, 1.165) is 23.4 Å². The van der Waals surface area contributed by atoms with Gasteiger partial charge in [0.15, 0.2) is 0 Å². The molecule has 0 heterocycles. The van der Waals surface area contributed by atoms with Crippen molar-refractivity contribution in [2.45, 2.75) is 20.3 Å². The second-order valence-electron chi connectivity index (χ2n) is 3.53. The number of nitrogens with two attached hydrogens (primary N) is 3. The smallest absolute Gasteiger partial charge is 0.0476 e. The first kappa shape index (κ1) is 15.3. The van der Waals surface area contributed by atoms with E-state index in [1.165, 1.54) is 12.4 Å². The minimum Gasteiger partial charge on any atom is -0.405 e. The molecule has 0 aliphatic heterocycles. The van der Waals surface area contributed by atoms with Crippen LogP contribution >= 0.6 is 0 Å². The van der Waals surface area contributed by atoms with Crippen LogP contribution in [-0.4, -0.2) is 18.6 Å². The summed E-state index contributed by atoms with van der Waals surface area (Å²) in [4.78, 5) is 0. The topological polar surface area (TPSA) is 105 Å². The molecule has 6 heteroatoms. The number of nitrogens with one attached hydrogen (secondary N) is 2. The SMILES string of the molecule is CCC(/C=C\N)=C(/CN)N(C)NN/C(C)=C\N. The lowest BCUT2D eigenvalue weighted by Gasteiger charge is -2.25. The van der Waals surface area contributed by atoms with E-state index in [1.54, 1.807) is 0 Å². The van der Waals surface area contributed by atoms with Gasteiger partial charge in [-0.05, 0) is 31.2 Å². The first-order valence-electron chi connectivity index (χ1n) is 5.54. The molecule has 98 valence electrons. The van der Waals surface area contributed by atoms with Crippen LogP contribution < -0.4 is 28.2 Å². The second kappa shape index (κ2) is 8.49. The quantitative estimate of drug-likeness (QED) is 0.313. The lowest BCUT2D eigenvalue weighted by Crippen LogP contribution is -2.45. The van der Waals surface area contributed by atoms with Gasteiger partial charge in [-0.2, -0.15) is 0 Å². The third-order valence-electron chi connectivity index (χ3n) is 2.32. The zero-order valence-corrected chi connectivity index (χ0v) is 10.8. The van der Waals surface area contributed by atoms with Gasteiger partial charge in [-0.15, -0.1) is 5.53 Å². The number of likely N-dealkylation sites (N-methyl/N-ethyl adjacent to an activating group) is 1. The third-order valence-corrected chi connectivity index (χ3v) is 2.32. The van der Waals surface area contributed by atoms with E-state index in [4.69, 9.17) is 17.2 Å². The summed E-state index contributed by atoms with van der Waals surface area (Å²) in [7, 11) is 1.87. The average Bonchev–Trinajstić information content (AvgIpc) is 2.35.